The van der Waals surface area contributed by atoms with Crippen molar-refractivity contribution in [2.24, 2.45) is 5.92 Å². The lowest BCUT2D eigenvalue weighted by molar-refractivity contribution is 0.633. The van der Waals surface area contributed by atoms with Crippen molar-refractivity contribution in [3.05, 3.63) is 53.5 Å². The summed E-state index contributed by atoms with van der Waals surface area (Å²) in [6, 6.07) is 12.5. The molecule has 8 heteroatoms. The minimum absolute atomic E-state index is 0.592. The van der Waals surface area contributed by atoms with Crippen molar-refractivity contribution in [2.45, 2.75) is 31.8 Å². The van der Waals surface area contributed by atoms with E-state index in [9.17, 15) is 0 Å². The standard InChI is InChI=1S/C18H20N6S2/c1-12(2)8-14-9-15(20-19-14)17-23-24-16(21-22-18(24)26-17)11-25-10-13-6-4-3-5-7-13/h3-7,9,12H,8,10-11H2,1-2H3,(H,19,20). The lowest BCUT2D eigenvalue weighted by Crippen LogP contribution is -1.94. The number of hydrogen-bond donors (Lipinski definition) is 1. The van der Waals surface area contributed by atoms with Crippen molar-refractivity contribution < 1.29 is 0 Å². The molecular weight excluding hydrogens is 364 g/mol. The van der Waals surface area contributed by atoms with Gasteiger partial charge in [-0.1, -0.05) is 55.5 Å². The molecule has 0 unspecified atom stereocenters. The second-order valence-corrected chi connectivity index (χ2v) is 8.51. The van der Waals surface area contributed by atoms with E-state index in [0.29, 0.717) is 5.92 Å². The molecule has 4 rings (SSSR count). The van der Waals surface area contributed by atoms with Crippen LogP contribution in [0.15, 0.2) is 36.4 Å². The van der Waals surface area contributed by atoms with Gasteiger partial charge >= 0.3 is 0 Å². The molecule has 0 atom stereocenters. The Morgan fingerprint density at radius 1 is 1.15 bits per heavy atom. The van der Waals surface area contributed by atoms with Crippen LogP contribution in [0.4, 0.5) is 0 Å². The number of benzene rings is 1. The lowest BCUT2D eigenvalue weighted by Gasteiger charge is -1.99. The minimum Gasteiger partial charge on any atom is -0.282 e. The fourth-order valence-corrected chi connectivity index (χ4v) is 4.41. The number of nitrogens with one attached hydrogen (secondary N) is 1. The van der Waals surface area contributed by atoms with Crippen LogP contribution in [0.2, 0.25) is 0 Å². The van der Waals surface area contributed by atoms with Crippen molar-refractivity contribution in [1.29, 1.82) is 0 Å². The first-order valence-electron chi connectivity index (χ1n) is 8.56. The number of nitrogens with zero attached hydrogens (tertiary/aromatic N) is 5. The number of fused-ring (bicyclic) bond motifs is 1. The average Bonchev–Trinajstić information content (AvgIpc) is 3.32. The fourth-order valence-electron chi connectivity index (χ4n) is 2.70. The molecule has 0 aliphatic carbocycles. The molecule has 0 radical (unpaired) electrons. The summed E-state index contributed by atoms with van der Waals surface area (Å²) in [7, 11) is 0. The molecule has 1 N–H and O–H groups in total. The second kappa shape index (κ2) is 7.59. The van der Waals surface area contributed by atoms with Crippen molar-refractivity contribution in [2.75, 3.05) is 0 Å². The normalized spacial score (nSPS) is 11.7. The number of H-pyrrole nitrogens is 1. The molecule has 1 aromatic carbocycles. The molecule has 4 aromatic rings. The molecule has 3 heterocycles. The smallest absolute Gasteiger partial charge is 0.235 e. The van der Waals surface area contributed by atoms with Gasteiger partial charge in [-0.3, -0.25) is 5.10 Å². The van der Waals surface area contributed by atoms with Gasteiger partial charge in [-0.2, -0.15) is 14.7 Å². The summed E-state index contributed by atoms with van der Waals surface area (Å²) in [5.41, 5.74) is 3.32. The quantitative estimate of drug-likeness (QED) is 0.517. The van der Waals surface area contributed by atoms with Gasteiger partial charge in [-0.15, -0.1) is 22.0 Å². The van der Waals surface area contributed by atoms with Gasteiger partial charge < -0.3 is 0 Å². The third-order valence-corrected chi connectivity index (χ3v) is 5.80. The van der Waals surface area contributed by atoms with Gasteiger partial charge in [0.05, 0.1) is 5.75 Å². The highest BCUT2D eigenvalue weighted by molar-refractivity contribution is 7.97. The van der Waals surface area contributed by atoms with E-state index in [0.717, 1.165) is 45.1 Å². The number of rotatable bonds is 7. The van der Waals surface area contributed by atoms with Crippen molar-refractivity contribution in [3.8, 4) is 10.7 Å². The predicted octanol–water partition coefficient (Wildman–Crippen LogP) is 4.21. The number of aromatic amines is 1. The van der Waals surface area contributed by atoms with Gasteiger partial charge in [-0.25, -0.2) is 0 Å². The Kier molecular flexibility index (Phi) is 5.03. The van der Waals surface area contributed by atoms with E-state index in [1.165, 1.54) is 16.9 Å². The molecule has 0 aliphatic rings. The van der Waals surface area contributed by atoms with Crippen LogP contribution >= 0.6 is 23.1 Å². The van der Waals surface area contributed by atoms with E-state index in [4.69, 9.17) is 0 Å². The molecule has 0 fully saturated rings. The molecular formula is C18H20N6S2. The zero-order valence-electron chi connectivity index (χ0n) is 14.7. The first kappa shape index (κ1) is 17.2. The van der Waals surface area contributed by atoms with Crippen molar-refractivity contribution >= 4 is 28.1 Å². The first-order chi connectivity index (χ1) is 12.7. The minimum atomic E-state index is 0.592. The lowest BCUT2D eigenvalue weighted by atomic mass is 10.1. The summed E-state index contributed by atoms with van der Waals surface area (Å²) in [6.07, 6.45) is 0.985. The second-order valence-electron chi connectivity index (χ2n) is 6.57. The van der Waals surface area contributed by atoms with Gasteiger partial charge in [0.2, 0.25) is 4.96 Å². The van der Waals surface area contributed by atoms with E-state index >= 15 is 0 Å². The summed E-state index contributed by atoms with van der Waals surface area (Å²) in [6.45, 7) is 4.39. The van der Waals surface area contributed by atoms with E-state index < -0.39 is 0 Å². The van der Waals surface area contributed by atoms with Crippen molar-refractivity contribution in [1.82, 2.24) is 30.0 Å². The highest BCUT2D eigenvalue weighted by atomic mass is 32.2. The number of hydrogen-bond acceptors (Lipinski definition) is 6. The van der Waals surface area contributed by atoms with Crippen LogP contribution in [0.25, 0.3) is 15.7 Å². The highest BCUT2D eigenvalue weighted by Crippen LogP contribution is 2.26. The van der Waals surface area contributed by atoms with Crippen LogP contribution < -0.4 is 0 Å². The molecule has 3 aromatic heterocycles. The fraction of sp³-hybridized carbons (Fsp3) is 0.333. The Morgan fingerprint density at radius 2 is 2.00 bits per heavy atom. The van der Waals surface area contributed by atoms with E-state index in [1.807, 2.05) is 22.3 Å². The molecule has 0 amide bonds. The summed E-state index contributed by atoms with van der Waals surface area (Å²) < 4.78 is 1.84. The van der Waals surface area contributed by atoms with E-state index in [-0.39, 0.29) is 0 Å². The molecule has 0 aliphatic heterocycles. The maximum atomic E-state index is 4.68. The largest absolute Gasteiger partial charge is 0.282 e. The van der Waals surface area contributed by atoms with Crippen LogP contribution in [-0.2, 0) is 17.9 Å². The average molecular weight is 385 g/mol. The molecule has 6 nitrogen and oxygen atoms in total. The van der Waals surface area contributed by atoms with Gasteiger partial charge in [0.15, 0.2) is 10.8 Å². The molecule has 26 heavy (non-hydrogen) atoms. The molecule has 134 valence electrons. The van der Waals surface area contributed by atoms with Crippen LogP contribution in [0.1, 0.15) is 30.9 Å². The predicted molar refractivity (Wildman–Crippen MR) is 106 cm³/mol. The topological polar surface area (TPSA) is 71.8 Å². The number of aromatic nitrogens is 6. The molecule has 0 saturated heterocycles. The Labute approximate surface area is 160 Å². The van der Waals surface area contributed by atoms with E-state index in [2.05, 4.69) is 69.7 Å². The van der Waals surface area contributed by atoms with E-state index in [1.54, 1.807) is 0 Å². The summed E-state index contributed by atoms with van der Waals surface area (Å²) >= 11 is 3.33. The number of thioether (sulfide) groups is 1. The zero-order chi connectivity index (χ0) is 17.9. The maximum Gasteiger partial charge on any atom is 0.235 e. The molecule has 0 saturated carbocycles. The van der Waals surface area contributed by atoms with Crippen LogP contribution in [0, 0.1) is 5.92 Å². The molecule has 0 spiro atoms. The summed E-state index contributed by atoms with van der Waals surface area (Å²) in [4.78, 5) is 0.809. The Bertz CT molecular complexity index is 986. The Morgan fingerprint density at radius 3 is 2.81 bits per heavy atom. The van der Waals surface area contributed by atoms with Gasteiger partial charge in [0.1, 0.15) is 5.69 Å². The zero-order valence-corrected chi connectivity index (χ0v) is 16.3. The first-order valence-corrected chi connectivity index (χ1v) is 10.5. The third-order valence-electron chi connectivity index (χ3n) is 3.88. The van der Waals surface area contributed by atoms with Crippen LogP contribution in [-0.4, -0.2) is 30.0 Å². The monoisotopic (exact) mass is 384 g/mol. The van der Waals surface area contributed by atoms with Crippen LogP contribution in [0.5, 0.6) is 0 Å². The van der Waals surface area contributed by atoms with Gasteiger partial charge in [0.25, 0.3) is 0 Å². The van der Waals surface area contributed by atoms with Crippen molar-refractivity contribution in [3.63, 3.8) is 0 Å². The SMILES string of the molecule is CC(C)Cc1cc(-c2nn3c(CSCc4ccccc4)nnc3s2)n[nH]1. The van der Waals surface area contributed by atoms with Gasteiger partial charge in [0, 0.05) is 11.4 Å². The maximum absolute atomic E-state index is 4.68. The van der Waals surface area contributed by atoms with Gasteiger partial charge in [-0.05, 0) is 24.0 Å². The van der Waals surface area contributed by atoms with Crippen LogP contribution in [0.3, 0.4) is 0 Å². The third kappa shape index (κ3) is 3.81. The Balaban J connectivity index is 1.47. The summed E-state index contributed by atoms with van der Waals surface area (Å²) in [5.74, 6) is 3.19. The molecule has 0 bridgehead atoms. The summed E-state index contributed by atoms with van der Waals surface area (Å²) in [5, 5.41) is 21.6. The Hall–Kier alpha value is -2.19. The highest BCUT2D eigenvalue weighted by Gasteiger charge is 2.15.